The zero-order valence-electron chi connectivity index (χ0n) is 8.21. The fourth-order valence-corrected chi connectivity index (χ4v) is 1.61. The predicted octanol–water partition coefficient (Wildman–Crippen LogP) is 1.92. The maximum Gasteiger partial charge on any atom is 0.471 e. The van der Waals surface area contributed by atoms with E-state index in [1.165, 1.54) is 0 Å². The van der Waals surface area contributed by atoms with Crippen molar-refractivity contribution in [1.82, 2.24) is 0 Å². The van der Waals surface area contributed by atoms with Crippen LogP contribution in [0.4, 0.5) is 23.2 Å². The van der Waals surface area contributed by atoms with Crippen molar-refractivity contribution in [2.24, 2.45) is 0 Å². The van der Waals surface area contributed by atoms with Gasteiger partial charge in [0.25, 0.3) is 0 Å². The lowest BCUT2D eigenvalue weighted by Crippen LogP contribution is -2.40. The highest BCUT2D eigenvalue weighted by Gasteiger charge is 2.46. The first-order chi connectivity index (χ1) is 7.80. The molecular formula is C10H5F4NO2. The number of ketones is 1. The Bertz CT molecular complexity index is 510. The molecule has 0 fully saturated rings. The van der Waals surface area contributed by atoms with Crippen molar-refractivity contribution in [3.63, 3.8) is 0 Å². The third-order valence-electron chi connectivity index (χ3n) is 2.34. The molecule has 0 spiro atoms. The molecule has 0 N–H and O–H groups in total. The van der Waals surface area contributed by atoms with Gasteiger partial charge in [0.05, 0.1) is 12.2 Å². The number of amides is 1. The fraction of sp³-hybridized carbons (Fsp3) is 0.200. The van der Waals surface area contributed by atoms with Crippen molar-refractivity contribution in [2.75, 3.05) is 11.4 Å². The molecule has 7 heteroatoms. The summed E-state index contributed by atoms with van der Waals surface area (Å²) >= 11 is 0. The quantitative estimate of drug-likeness (QED) is 0.657. The Balaban J connectivity index is 2.47. The van der Waals surface area contributed by atoms with Crippen LogP contribution in [0.1, 0.15) is 10.4 Å². The van der Waals surface area contributed by atoms with Gasteiger partial charge in [-0.2, -0.15) is 13.2 Å². The monoisotopic (exact) mass is 247 g/mol. The second kappa shape index (κ2) is 3.54. The number of halogens is 4. The molecule has 1 aliphatic heterocycles. The van der Waals surface area contributed by atoms with E-state index in [0.29, 0.717) is 0 Å². The predicted molar refractivity (Wildman–Crippen MR) is 49.1 cm³/mol. The maximum absolute atomic E-state index is 12.9. The lowest BCUT2D eigenvalue weighted by molar-refractivity contribution is -0.170. The molecule has 90 valence electrons. The first-order valence-electron chi connectivity index (χ1n) is 4.52. The topological polar surface area (TPSA) is 37.4 Å². The van der Waals surface area contributed by atoms with Gasteiger partial charge in [-0.15, -0.1) is 0 Å². The highest BCUT2D eigenvalue weighted by Crippen LogP contribution is 2.32. The molecule has 0 atom stereocenters. The van der Waals surface area contributed by atoms with E-state index in [1.54, 1.807) is 0 Å². The number of carbonyl (C=O) groups excluding carboxylic acids is 2. The second-order valence-corrected chi connectivity index (χ2v) is 3.47. The first-order valence-corrected chi connectivity index (χ1v) is 4.52. The summed E-state index contributed by atoms with van der Waals surface area (Å²) in [6, 6.07) is 2.76. The summed E-state index contributed by atoms with van der Waals surface area (Å²) in [6.45, 7) is -0.711. The van der Waals surface area contributed by atoms with Crippen LogP contribution in [0.2, 0.25) is 0 Å². The van der Waals surface area contributed by atoms with E-state index in [-0.39, 0.29) is 16.2 Å². The molecule has 0 unspecified atom stereocenters. The molecule has 1 amide bonds. The van der Waals surface area contributed by atoms with Crippen molar-refractivity contribution in [2.45, 2.75) is 6.18 Å². The van der Waals surface area contributed by atoms with Crippen LogP contribution in [-0.2, 0) is 4.79 Å². The molecule has 1 aliphatic rings. The minimum absolute atomic E-state index is 0.0796. The summed E-state index contributed by atoms with van der Waals surface area (Å²) in [4.78, 5) is 22.6. The molecule has 0 saturated heterocycles. The molecule has 1 heterocycles. The number of rotatable bonds is 0. The largest absolute Gasteiger partial charge is 0.471 e. The number of nitrogens with zero attached hydrogens (tertiary/aromatic N) is 1. The van der Waals surface area contributed by atoms with E-state index < -0.39 is 30.2 Å². The number of hydrogen-bond acceptors (Lipinski definition) is 2. The summed E-state index contributed by atoms with van der Waals surface area (Å²) in [6.07, 6.45) is -5.09. The number of hydrogen-bond donors (Lipinski definition) is 0. The standard InChI is InChI=1S/C10H5F4NO2/c11-5-1-2-6-7(3-5)15(4-8(6)16)9(17)10(12,13)14/h1-3H,4H2. The van der Waals surface area contributed by atoms with Crippen molar-refractivity contribution in [3.05, 3.63) is 29.6 Å². The van der Waals surface area contributed by atoms with E-state index in [1.807, 2.05) is 0 Å². The SMILES string of the molecule is O=C1CN(C(=O)C(F)(F)F)c2cc(F)ccc21. The van der Waals surface area contributed by atoms with Gasteiger partial charge in [-0.1, -0.05) is 0 Å². The van der Waals surface area contributed by atoms with Gasteiger partial charge >= 0.3 is 12.1 Å². The Morgan fingerprint density at radius 1 is 1.29 bits per heavy atom. The Morgan fingerprint density at radius 3 is 2.53 bits per heavy atom. The Hall–Kier alpha value is -1.92. The normalized spacial score (nSPS) is 15.1. The zero-order chi connectivity index (χ0) is 12.8. The minimum atomic E-state index is -5.09. The van der Waals surface area contributed by atoms with Gasteiger partial charge in [0.2, 0.25) is 0 Å². The third-order valence-corrected chi connectivity index (χ3v) is 2.34. The van der Waals surface area contributed by atoms with Crippen LogP contribution >= 0.6 is 0 Å². The number of benzene rings is 1. The van der Waals surface area contributed by atoms with Gasteiger partial charge in [0.1, 0.15) is 5.82 Å². The molecule has 0 saturated carbocycles. The summed E-state index contributed by atoms with van der Waals surface area (Å²) in [5, 5.41) is 0. The van der Waals surface area contributed by atoms with E-state index in [0.717, 1.165) is 18.2 Å². The van der Waals surface area contributed by atoms with Gasteiger partial charge < -0.3 is 0 Å². The van der Waals surface area contributed by atoms with Crippen LogP contribution in [0.15, 0.2) is 18.2 Å². The highest BCUT2D eigenvalue weighted by atomic mass is 19.4. The molecule has 17 heavy (non-hydrogen) atoms. The van der Waals surface area contributed by atoms with Gasteiger partial charge in [0.15, 0.2) is 5.78 Å². The number of anilines is 1. The average Bonchev–Trinajstić information content (AvgIpc) is 2.53. The first kappa shape index (κ1) is 11.6. The second-order valence-electron chi connectivity index (χ2n) is 3.47. The molecule has 0 radical (unpaired) electrons. The van der Waals surface area contributed by atoms with Gasteiger partial charge in [-0.05, 0) is 18.2 Å². The van der Waals surface area contributed by atoms with Crippen molar-refractivity contribution >= 4 is 17.4 Å². The van der Waals surface area contributed by atoms with Crippen molar-refractivity contribution in [1.29, 1.82) is 0 Å². The molecule has 3 nitrogen and oxygen atoms in total. The van der Waals surface area contributed by atoms with Crippen LogP contribution in [0, 0.1) is 5.82 Å². The summed E-state index contributed by atoms with van der Waals surface area (Å²) < 4.78 is 49.6. The smallest absolute Gasteiger partial charge is 0.296 e. The lowest BCUT2D eigenvalue weighted by Gasteiger charge is -2.17. The van der Waals surface area contributed by atoms with Gasteiger partial charge in [-0.3, -0.25) is 14.5 Å². The van der Waals surface area contributed by atoms with E-state index >= 15 is 0 Å². The molecule has 0 aliphatic carbocycles. The molecular weight excluding hydrogens is 242 g/mol. The van der Waals surface area contributed by atoms with Crippen molar-refractivity contribution in [3.8, 4) is 0 Å². The fourth-order valence-electron chi connectivity index (χ4n) is 1.61. The van der Waals surface area contributed by atoms with Crippen LogP contribution < -0.4 is 4.90 Å². The summed E-state index contributed by atoms with van der Waals surface area (Å²) in [7, 11) is 0. The molecule has 1 aromatic carbocycles. The molecule has 1 aromatic rings. The van der Waals surface area contributed by atoms with Gasteiger partial charge in [-0.25, -0.2) is 4.39 Å². The summed E-state index contributed by atoms with van der Waals surface area (Å²) in [5.74, 6) is -3.62. The van der Waals surface area contributed by atoms with Gasteiger partial charge in [0, 0.05) is 5.56 Å². The van der Waals surface area contributed by atoms with Crippen molar-refractivity contribution < 1.29 is 27.2 Å². The number of fused-ring (bicyclic) bond motifs is 1. The lowest BCUT2D eigenvalue weighted by atomic mass is 10.1. The van der Waals surface area contributed by atoms with Crippen LogP contribution in [0.5, 0.6) is 0 Å². The van der Waals surface area contributed by atoms with E-state index in [4.69, 9.17) is 0 Å². The number of alkyl halides is 3. The average molecular weight is 247 g/mol. The van der Waals surface area contributed by atoms with Crippen LogP contribution in [0.3, 0.4) is 0 Å². The molecule has 0 aromatic heterocycles. The summed E-state index contributed by atoms with van der Waals surface area (Å²) in [5.41, 5.74) is -0.415. The van der Waals surface area contributed by atoms with Crippen LogP contribution in [-0.4, -0.2) is 24.4 Å². The number of Topliss-reactive ketones (excluding diaryl/α,β-unsaturated/α-hetero) is 1. The van der Waals surface area contributed by atoms with Crippen LogP contribution in [0.25, 0.3) is 0 Å². The molecule has 0 bridgehead atoms. The Morgan fingerprint density at radius 2 is 1.94 bits per heavy atom. The zero-order valence-corrected chi connectivity index (χ0v) is 8.21. The maximum atomic E-state index is 12.9. The highest BCUT2D eigenvalue weighted by molar-refractivity contribution is 6.16. The Labute approximate surface area is 92.6 Å². The minimum Gasteiger partial charge on any atom is -0.296 e. The number of carbonyl (C=O) groups is 2. The van der Waals surface area contributed by atoms with E-state index in [2.05, 4.69) is 0 Å². The van der Waals surface area contributed by atoms with E-state index in [9.17, 15) is 27.2 Å². The molecule has 2 rings (SSSR count). The Kier molecular flexibility index (Phi) is 2.41. The third kappa shape index (κ3) is 1.88.